The van der Waals surface area contributed by atoms with E-state index in [0.717, 1.165) is 11.1 Å². The van der Waals surface area contributed by atoms with Gasteiger partial charge in [0, 0.05) is 6.54 Å². The Kier molecular flexibility index (Phi) is 4.72. The fourth-order valence-electron chi connectivity index (χ4n) is 1.76. The van der Waals surface area contributed by atoms with Crippen molar-refractivity contribution in [2.75, 3.05) is 13.2 Å². The van der Waals surface area contributed by atoms with Crippen molar-refractivity contribution >= 4 is 0 Å². The molecule has 0 fully saturated rings. The van der Waals surface area contributed by atoms with Crippen molar-refractivity contribution in [3.05, 3.63) is 54.1 Å². The molecule has 2 aromatic carbocycles. The number of rotatable bonds is 5. The normalized spacial score (nSPS) is 11.7. The first-order valence-corrected chi connectivity index (χ1v) is 6.34. The number of aliphatic hydroxyl groups is 1. The second-order valence-corrected chi connectivity index (χ2v) is 4.42. The lowest BCUT2D eigenvalue weighted by molar-refractivity contribution is 0.114. The first kappa shape index (κ1) is 14.1. The minimum atomic E-state index is -0.659. The average molecular weight is 268 g/mol. The zero-order valence-electron chi connectivity index (χ0n) is 11.0. The Morgan fingerprint density at radius 1 is 1.15 bits per heavy atom. The van der Waals surface area contributed by atoms with E-state index in [1.807, 2.05) is 36.4 Å². The highest BCUT2D eigenvalue weighted by Crippen LogP contribution is 2.24. The van der Waals surface area contributed by atoms with Gasteiger partial charge in [-0.15, -0.1) is 0 Å². The van der Waals surface area contributed by atoms with Gasteiger partial charge < -0.3 is 15.6 Å². The summed E-state index contributed by atoms with van der Waals surface area (Å²) in [5.41, 5.74) is 7.96. The van der Waals surface area contributed by atoms with Gasteiger partial charge >= 0.3 is 0 Å². The van der Waals surface area contributed by atoms with Crippen LogP contribution in [0, 0.1) is 11.3 Å². The van der Waals surface area contributed by atoms with Crippen molar-refractivity contribution in [3.63, 3.8) is 0 Å². The molecule has 0 aliphatic rings. The predicted molar refractivity (Wildman–Crippen MR) is 77.1 cm³/mol. The average Bonchev–Trinajstić information content (AvgIpc) is 2.53. The molecule has 20 heavy (non-hydrogen) atoms. The van der Waals surface area contributed by atoms with Gasteiger partial charge in [-0.25, -0.2) is 0 Å². The quantitative estimate of drug-likeness (QED) is 0.868. The summed E-state index contributed by atoms with van der Waals surface area (Å²) in [6.07, 6.45) is -0.659. The first-order chi connectivity index (χ1) is 9.72. The van der Waals surface area contributed by atoms with Gasteiger partial charge in [-0.1, -0.05) is 24.3 Å². The highest BCUT2D eigenvalue weighted by Gasteiger charge is 2.04. The van der Waals surface area contributed by atoms with Gasteiger partial charge in [-0.2, -0.15) is 5.26 Å². The van der Waals surface area contributed by atoms with Gasteiger partial charge in [-0.05, 0) is 35.4 Å². The smallest absolute Gasteiger partial charge is 0.120 e. The van der Waals surface area contributed by atoms with E-state index in [2.05, 4.69) is 6.07 Å². The Morgan fingerprint density at radius 2 is 1.90 bits per heavy atom. The third-order valence-corrected chi connectivity index (χ3v) is 2.90. The number of hydrogen-bond acceptors (Lipinski definition) is 4. The van der Waals surface area contributed by atoms with Crippen molar-refractivity contribution < 1.29 is 9.84 Å². The summed E-state index contributed by atoms with van der Waals surface area (Å²) < 4.78 is 5.48. The van der Waals surface area contributed by atoms with Crippen LogP contribution in [-0.4, -0.2) is 24.4 Å². The molecule has 0 aliphatic heterocycles. The fraction of sp³-hybridized carbons (Fsp3) is 0.188. The zero-order chi connectivity index (χ0) is 14.4. The Labute approximate surface area is 118 Å². The summed E-state index contributed by atoms with van der Waals surface area (Å²) in [5.74, 6) is 0.680. The third-order valence-electron chi connectivity index (χ3n) is 2.90. The summed E-state index contributed by atoms with van der Waals surface area (Å²) in [5, 5.41) is 18.2. The summed E-state index contributed by atoms with van der Waals surface area (Å²) in [4.78, 5) is 0. The number of aliphatic hydroxyl groups excluding tert-OH is 1. The minimum Gasteiger partial charge on any atom is -0.491 e. The van der Waals surface area contributed by atoms with Crippen LogP contribution < -0.4 is 10.5 Å². The molecule has 0 bridgehead atoms. The van der Waals surface area contributed by atoms with Crippen molar-refractivity contribution in [2.45, 2.75) is 6.10 Å². The molecule has 4 nitrogen and oxygen atoms in total. The third kappa shape index (κ3) is 3.58. The molecule has 0 aliphatic carbocycles. The van der Waals surface area contributed by atoms with Gasteiger partial charge in [0.25, 0.3) is 0 Å². The number of hydrogen-bond donors (Lipinski definition) is 2. The molecule has 0 amide bonds. The zero-order valence-corrected chi connectivity index (χ0v) is 11.0. The number of ether oxygens (including phenoxy) is 1. The van der Waals surface area contributed by atoms with Crippen LogP contribution in [-0.2, 0) is 0 Å². The maximum Gasteiger partial charge on any atom is 0.120 e. The van der Waals surface area contributed by atoms with Crippen LogP contribution in [0.15, 0.2) is 48.5 Å². The largest absolute Gasteiger partial charge is 0.491 e. The topological polar surface area (TPSA) is 79.3 Å². The lowest BCUT2D eigenvalue weighted by atomic mass is 10.0. The first-order valence-electron chi connectivity index (χ1n) is 6.34. The molecule has 4 heteroatoms. The standard InChI is InChI=1S/C16H16N2O2/c17-9-12-4-6-13(7-5-12)14-2-1-3-16(8-14)20-11-15(19)10-18/h1-8,15,19H,10-11,18H2. The highest BCUT2D eigenvalue weighted by molar-refractivity contribution is 5.65. The van der Waals surface area contributed by atoms with Crippen LogP contribution >= 0.6 is 0 Å². The van der Waals surface area contributed by atoms with E-state index in [4.69, 9.17) is 15.7 Å². The van der Waals surface area contributed by atoms with Crippen molar-refractivity contribution in [1.82, 2.24) is 0 Å². The maximum absolute atomic E-state index is 9.38. The second-order valence-electron chi connectivity index (χ2n) is 4.42. The summed E-state index contributed by atoms with van der Waals surface area (Å²) in [6.45, 7) is 0.350. The molecule has 102 valence electrons. The molecule has 1 atom stereocenters. The molecule has 1 unspecified atom stereocenters. The van der Waals surface area contributed by atoms with Crippen LogP contribution in [0.25, 0.3) is 11.1 Å². The SMILES string of the molecule is N#Cc1ccc(-c2cccc(OCC(O)CN)c2)cc1. The molecule has 0 radical (unpaired) electrons. The second kappa shape index (κ2) is 6.71. The van der Waals surface area contributed by atoms with Crippen molar-refractivity contribution in [2.24, 2.45) is 5.73 Å². The highest BCUT2D eigenvalue weighted by atomic mass is 16.5. The van der Waals surface area contributed by atoms with E-state index in [1.165, 1.54) is 0 Å². The molecule has 2 rings (SSSR count). The number of nitrogens with two attached hydrogens (primary N) is 1. The molecule has 2 aromatic rings. The molecule has 3 N–H and O–H groups in total. The lowest BCUT2D eigenvalue weighted by Crippen LogP contribution is -2.26. The Morgan fingerprint density at radius 3 is 2.55 bits per heavy atom. The molecule has 0 heterocycles. The lowest BCUT2D eigenvalue weighted by Gasteiger charge is -2.11. The monoisotopic (exact) mass is 268 g/mol. The maximum atomic E-state index is 9.38. The van der Waals surface area contributed by atoms with Crippen LogP contribution in [0.1, 0.15) is 5.56 Å². The van der Waals surface area contributed by atoms with Crippen molar-refractivity contribution in [1.29, 1.82) is 5.26 Å². The predicted octanol–water partition coefficient (Wildman–Crippen LogP) is 1.92. The summed E-state index contributed by atoms with van der Waals surface area (Å²) in [6, 6.07) is 17.0. The van der Waals surface area contributed by atoms with E-state index in [-0.39, 0.29) is 13.2 Å². The summed E-state index contributed by atoms with van der Waals surface area (Å²) >= 11 is 0. The molecule has 0 spiro atoms. The molecular formula is C16H16N2O2. The van der Waals surface area contributed by atoms with E-state index in [9.17, 15) is 5.11 Å². The van der Waals surface area contributed by atoms with Crippen molar-refractivity contribution in [3.8, 4) is 22.9 Å². The van der Waals surface area contributed by atoms with Crippen LogP contribution in [0.3, 0.4) is 0 Å². The molecule has 0 saturated carbocycles. The Balaban J connectivity index is 2.14. The fourth-order valence-corrected chi connectivity index (χ4v) is 1.76. The Bertz CT molecular complexity index is 603. The van der Waals surface area contributed by atoms with Gasteiger partial charge in [0.1, 0.15) is 18.5 Å². The van der Waals surface area contributed by atoms with Crippen LogP contribution in [0.2, 0.25) is 0 Å². The minimum absolute atomic E-state index is 0.174. The van der Waals surface area contributed by atoms with Crippen LogP contribution in [0.5, 0.6) is 5.75 Å². The van der Waals surface area contributed by atoms with Gasteiger partial charge in [-0.3, -0.25) is 0 Å². The van der Waals surface area contributed by atoms with E-state index < -0.39 is 6.10 Å². The molecular weight excluding hydrogens is 252 g/mol. The number of benzene rings is 2. The van der Waals surface area contributed by atoms with Gasteiger partial charge in [0.05, 0.1) is 11.6 Å². The summed E-state index contributed by atoms with van der Waals surface area (Å²) in [7, 11) is 0. The number of nitriles is 1. The molecule has 0 aromatic heterocycles. The van der Waals surface area contributed by atoms with Crippen LogP contribution in [0.4, 0.5) is 0 Å². The Hall–Kier alpha value is -2.35. The van der Waals surface area contributed by atoms with Gasteiger partial charge in [0.15, 0.2) is 0 Å². The molecule has 0 saturated heterocycles. The van der Waals surface area contributed by atoms with E-state index in [1.54, 1.807) is 12.1 Å². The van der Waals surface area contributed by atoms with E-state index >= 15 is 0 Å². The van der Waals surface area contributed by atoms with Gasteiger partial charge in [0.2, 0.25) is 0 Å². The number of nitrogens with zero attached hydrogens (tertiary/aromatic N) is 1. The van der Waals surface area contributed by atoms with E-state index in [0.29, 0.717) is 11.3 Å².